The molecule has 1 atom stereocenters. The first kappa shape index (κ1) is 11.0. The van der Waals surface area contributed by atoms with Crippen LogP contribution >= 0.6 is 0 Å². The minimum absolute atomic E-state index is 0.0365. The van der Waals surface area contributed by atoms with Crippen molar-refractivity contribution in [1.82, 2.24) is 0 Å². The zero-order chi connectivity index (χ0) is 11.7. The van der Waals surface area contributed by atoms with E-state index in [-0.39, 0.29) is 6.04 Å². The molecule has 0 aromatic heterocycles. The highest BCUT2D eigenvalue weighted by molar-refractivity contribution is 5.66. The second-order valence-electron chi connectivity index (χ2n) is 4.11. The predicted molar refractivity (Wildman–Crippen MR) is 59.8 cm³/mol. The summed E-state index contributed by atoms with van der Waals surface area (Å²) in [6, 6.07) is 2.30. The molecule has 1 aromatic rings. The standard InChI is InChI=1S/C13H14F2N/c1-9-7-10(14)8-11(15)13(9)12-5-3-4-6-16(12)2/h3-4,6-8,12H,5H2,1-2H3/q+1. The maximum Gasteiger partial charge on any atom is 0.184 e. The largest absolute Gasteiger partial charge is 0.231 e. The van der Waals surface area contributed by atoms with Crippen molar-refractivity contribution in [2.45, 2.75) is 19.4 Å². The van der Waals surface area contributed by atoms with Gasteiger partial charge >= 0.3 is 0 Å². The average Bonchev–Trinajstić information content (AvgIpc) is 2.19. The van der Waals surface area contributed by atoms with Crippen LogP contribution in [0.3, 0.4) is 0 Å². The molecule has 0 aliphatic carbocycles. The van der Waals surface area contributed by atoms with Crippen LogP contribution in [0.4, 0.5) is 8.78 Å². The van der Waals surface area contributed by atoms with Crippen molar-refractivity contribution in [3.8, 4) is 0 Å². The van der Waals surface area contributed by atoms with E-state index in [2.05, 4.69) is 0 Å². The molecular formula is C13H14F2N+. The summed E-state index contributed by atoms with van der Waals surface area (Å²) in [6.45, 7) is 1.74. The molecule has 2 rings (SSSR count). The van der Waals surface area contributed by atoms with E-state index in [0.717, 1.165) is 12.5 Å². The molecule has 0 N–H and O–H groups in total. The average molecular weight is 222 g/mol. The SMILES string of the molecule is Cc1cc(F)cc(F)c1C1CC=CC=[N+]1C. The summed E-state index contributed by atoms with van der Waals surface area (Å²) in [5.74, 6) is -0.977. The van der Waals surface area contributed by atoms with Gasteiger partial charge in [0.2, 0.25) is 0 Å². The Labute approximate surface area is 93.7 Å². The van der Waals surface area contributed by atoms with E-state index >= 15 is 0 Å². The molecule has 1 nitrogen and oxygen atoms in total. The topological polar surface area (TPSA) is 3.01 Å². The van der Waals surface area contributed by atoms with Crippen molar-refractivity contribution in [3.05, 3.63) is 47.0 Å². The molecular weight excluding hydrogens is 208 g/mol. The molecule has 84 valence electrons. The van der Waals surface area contributed by atoms with Crippen LogP contribution in [0, 0.1) is 18.6 Å². The highest BCUT2D eigenvalue weighted by Crippen LogP contribution is 2.28. The predicted octanol–water partition coefficient (Wildman–Crippen LogP) is 2.99. The van der Waals surface area contributed by atoms with Gasteiger partial charge in [0.1, 0.15) is 18.7 Å². The van der Waals surface area contributed by atoms with Gasteiger partial charge in [-0.15, -0.1) is 0 Å². The third-order valence-electron chi connectivity index (χ3n) is 2.94. The molecule has 1 aromatic carbocycles. The van der Waals surface area contributed by atoms with Gasteiger partial charge in [-0.1, -0.05) is 6.08 Å². The van der Waals surface area contributed by atoms with Gasteiger partial charge in [0.15, 0.2) is 12.3 Å². The second-order valence-corrected chi connectivity index (χ2v) is 4.11. The van der Waals surface area contributed by atoms with Crippen molar-refractivity contribution < 1.29 is 13.4 Å². The monoisotopic (exact) mass is 222 g/mol. The van der Waals surface area contributed by atoms with E-state index in [1.807, 2.05) is 30.0 Å². The number of benzene rings is 1. The fourth-order valence-electron chi connectivity index (χ4n) is 2.13. The van der Waals surface area contributed by atoms with Crippen LogP contribution in [0.1, 0.15) is 23.6 Å². The summed E-state index contributed by atoms with van der Waals surface area (Å²) in [7, 11) is 1.90. The number of nitrogens with zero attached hydrogens (tertiary/aromatic N) is 1. The lowest BCUT2D eigenvalue weighted by Gasteiger charge is -2.17. The molecule has 0 fully saturated rings. The van der Waals surface area contributed by atoms with Crippen LogP contribution in [0.5, 0.6) is 0 Å². The molecule has 1 unspecified atom stereocenters. The second kappa shape index (κ2) is 4.16. The van der Waals surface area contributed by atoms with Gasteiger partial charge in [0, 0.05) is 12.5 Å². The Morgan fingerprint density at radius 1 is 1.31 bits per heavy atom. The Hall–Kier alpha value is -1.51. The van der Waals surface area contributed by atoms with Crippen LogP contribution in [0.15, 0.2) is 24.3 Å². The number of rotatable bonds is 1. The van der Waals surface area contributed by atoms with Crippen LogP contribution in [-0.2, 0) is 0 Å². The molecule has 0 amide bonds. The highest BCUT2D eigenvalue weighted by Gasteiger charge is 2.26. The van der Waals surface area contributed by atoms with Crippen molar-refractivity contribution in [2.75, 3.05) is 7.05 Å². The van der Waals surface area contributed by atoms with Gasteiger partial charge < -0.3 is 0 Å². The first-order valence-corrected chi connectivity index (χ1v) is 5.27. The van der Waals surface area contributed by atoms with Crippen LogP contribution in [0.2, 0.25) is 0 Å². The summed E-state index contributed by atoms with van der Waals surface area (Å²) in [4.78, 5) is 0. The molecule has 1 heterocycles. The zero-order valence-electron chi connectivity index (χ0n) is 9.37. The Bertz CT molecular complexity index is 452. The zero-order valence-corrected chi connectivity index (χ0v) is 9.37. The lowest BCUT2D eigenvalue weighted by molar-refractivity contribution is -0.540. The first-order valence-electron chi connectivity index (χ1n) is 5.27. The number of allylic oxidation sites excluding steroid dienone is 1. The molecule has 0 radical (unpaired) electrons. The van der Waals surface area contributed by atoms with Gasteiger partial charge in [-0.2, -0.15) is 0 Å². The van der Waals surface area contributed by atoms with Crippen molar-refractivity contribution >= 4 is 6.21 Å². The van der Waals surface area contributed by atoms with Crippen LogP contribution < -0.4 is 0 Å². The molecule has 0 bridgehead atoms. The van der Waals surface area contributed by atoms with Crippen molar-refractivity contribution in [2.24, 2.45) is 0 Å². The molecule has 0 spiro atoms. The normalized spacial score (nSPS) is 19.8. The smallest absolute Gasteiger partial charge is 0.184 e. The minimum atomic E-state index is -0.517. The molecule has 1 aliphatic heterocycles. The van der Waals surface area contributed by atoms with Gasteiger partial charge in [-0.05, 0) is 24.6 Å². The Kier molecular flexibility index (Phi) is 2.86. The van der Waals surface area contributed by atoms with E-state index in [1.165, 1.54) is 6.07 Å². The fourth-order valence-corrected chi connectivity index (χ4v) is 2.13. The number of hydrogen-bond donors (Lipinski definition) is 0. The van der Waals surface area contributed by atoms with E-state index in [1.54, 1.807) is 6.92 Å². The van der Waals surface area contributed by atoms with E-state index in [4.69, 9.17) is 0 Å². The van der Waals surface area contributed by atoms with E-state index in [0.29, 0.717) is 11.1 Å². The maximum atomic E-state index is 13.8. The van der Waals surface area contributed by atoms with E-state index in [9.17, 15) is 8.78 Å². The first-order chi connectivity index (χ1) is 7.59. The molecule has 16 heavy (non-hydrogen) atoms. The summed E-state index contributed by atoms with van der Waals surface area (Å²) < 4.78 is 28.7. The quantitative estimate of drug-likeness (QED) is 0.643. The van der Waals surface area contributed by atoms with Crippen molar-refractivity contribution in [1.29, 1.82) is 0 Å². The molecule has 0 saturated heterocycles. The lowest BCUT2D eigenvalue weighted by atomic mass is 9.96. The minimum Gasteiger partial charge on any atom is -0.231 e. The van der Waals surface area contributed by atoms with Gasteiger partial charge in [-0.3, -0.25) is 0 Å². The van der Waals surface area contributed by atoms with E-state index < -0.39 is 11.6 Å². The van der Waals surface area contributed by atoms with Gasteiger partial charge in [0.25, 0.3) is 0 Å². The number of halogens is 2. The van der Waals surface area contributed by atoms with Gasteiger partial charge in [0.05, 0.1) is 5.56 Å². The van der Waals surface area contributed by atoms with Crippen LogP contribution in [0.25, 0.3) is 0 Å². The number of hydrogen-bond acceptors (Lipinski definition) is 0. The Morgan fingerprint density at radius 3 is 2.69 bits per heavy atom. The third kappa shape index (κ3) is 1.90. The Morgan fingerprint density at radius 2 is 2.06 bits per heavy atom. The maximum absolute atomic E-state index is 13.8. The summed E-state index contributed by atoms with van der Waals surface area (Å²) in [5, 5.41) is 0. The number of aryl methyl sites for hydroxylation is 1. The highest BCUT2D eigenvalue weighted by atomic mass is 19.1. The summed E-state index contributed by atoms with van der Waals surface area (Å²) in [5.41, 5.74) is 1.25. The van der Waals surface area contributed by atoms with Gasteiger partial charge in [-0.25, -0.2) is 13.4 Å². The summed E-state index contributed by atoms with van der Waals surface area (Å²) in [6.07, 6.45) is 6.58. The molecule has 1 aliphatic rings. The molecule has 0 saturated carbocycles. The summed E-state index contributed by atoms with van der Waals surface area (Å²) >= 11 is 0. The fraction of sp³-hybridized carbons (Fsp3) is 0.308. The van der Waals surface area contributed by atoms with Crippen molar-refractivity contribution in [3.63, 3.8) is 0 Å². The molecule has 3 heteroatoms. The third-order valence-corrected chi connectivity index (χ3v) is 2.94. The lowest BCUT2D eigenvalue weighted by Crippen LogP contribution is -2.19. The Balaban J connectivity index is 2.48. The van der Waals surface area contributed by atoms with Crippen LogP contribution in [-0.4, -0.2) is 17.8 Å².